The fraction of sp³-hybridized carbons (Fsp3) is 0.600. The lowest BCUT2D eigenvalue weighted by molar-refractivity contribution is 0.569. The van der Waals surface area contributed by atoms with Crippen molar-refractivity contribution in [3.05, 3.63) is 18.1 Å². The number of alkyl halides is 2. The highest BCUT2D eigenvalue weighted by molar-refractivity contribution is 7.92. The molecule has 0 aromatic carbocycles. The highest BCUT2D eigenvalue weighted by atomic mass is 35.5. The molecule has 1 aromatic rings. The number of halogens is 2. The third-order valence-electron chi connectivity index (χ3n) is 2.92. The first-order chi connectivity index (χ1) is 8.14. The van der Waals surface area contributed by atoms with Crippen LogP contribution < -0.4 is 4.72 Å². The lowest BCUT2D eigenvalue weighted by Crippen LogP contribution is -2.25. The molecule has 0 saturated heterocycles. The maximum absolute atomic E-state index is 11.9. The topological polar surface area (TPSA) is 72.0 Å². The van der Waals surface area contributed by atoms with Crippen molar-refractivity contribution < 1.29 is 8.42 Å². The molecule has 0 amide bonds. The SMILES string of the molecule is Cc1cnc(NS(=O)(=O)CC2(C)CC2(Cl)Cl)cn1. The van der Waals surface area contributed by atoms with E-state index < -0.39 is 19.8 Å². The van der Waals surface area contributed by atoms with Crippen molar-refractivity contribution in [1.29, 1.82) is 0 Å². The van der Waals surface area contributed by atoms with E-state index in [4.69, 9.17) is 23.2 Å². The van der Waals surface area contributed by atoms with Crippen LogP contribution in [-0.2, 0) is 10.0 Å². The van der Waals surface area contributed by atoms with Gasteiger partial charge in [0.2, 0.25) is 10.0 Å². The van der Waals surface area contributed by atoms with E-state index >= 15 is 0 Å². The molecular weight excluding hydrogens is 297 g/mol. The first-order valence-corrected chi connectivity index (χ1v) is 7.71. The first kappa shape index (κ1) is 13.8. The summed E-state index contributed by atoms with van der Waals surface area (Å²) in [6.45, 7) is 3.51. The van der Waals surface area contributed by atoms with E-state index in [-0.39, 0.29) is 11.6 Å². The summed E-state index contributed by atoms with van der Waals surface area (Å²) in [6.07, 6.45) is 3.32. The van der Waals surface area contributed by atoms with Crippen LogP contribution in [0.3, 0.4) is 0 Å². The van der Waals surface area contributed by atoms with Crippen molar-refractivity contribution in [2.24, 2.45) is 5.41 Å². The molecule has 0 spiro atoms. The Bertz CT molecular complexity index is 559. The summed E-state index contributed by atoms with van der Waals surface area (Å²) in [4.78, 5) is 7.89. The van der Waals surface area contributed by atoms with Crippen LogP contribution in [0.5, 0.6) is 0 Å². The van der Waals surface area contributed by atoms with E-state index in [1.54, 1.807) is 13.8 Å². The monoisotopic (exact) mass is 309 g/mol. The first-order valence-electron chi connectivity index (χ1n) is 5.31. The van der Waals surface area contributed by atoms with Crippen molar-refractivity contribution >= 4 is 39.0 Å². The minimum Gasteiger partial charge on any atom is -0.266 e. The Balaban J connectivity index is 2.07. The predicted octanol–water partition coefficient (Wildman–Crippen LogP) is 2.11. The largest absolute Gasteiger partial charge is 0.266 e. The number of hydrogen-bond donors (Lipinski definition) is 1. The van der Waals surface area contributed by atoms with Gasteiger partial charge in [0.1, 0.15) is 4.33 Å². The van der Waals surface area contributed by atoms with Gasteiger partial charge in [-0.2, -0.15) is 0 Å². The molecule has 8 heteroatoms. The summed E-state index contributed by atoms with van der Waals surface area (Å²) in [7, 11) is -3.54. The number of hydrogen-bond acceptors (Lipinski definition) is 4. The van der Waals surface area contributed by atoms with Crippen molar-refractivity contribution in [3.8, 4) is 0 Å². The maximum atomic E-state index is 11.9. The zero-order chi connectivity index (χ0) is 13.6. The third kappa shape index (κ3) is 2.87. The smallest absolute Gasteiger partial charge is 0.234 e. The molecular formula is C10H13Cl2N3O2S. The zero-order valence-corrected chi connectivity index (χ0v) is 12.3. The molecule has 0 bridgehead atoms. The molecule has 1 fully saturated rings. The molecule has 2 rings (SSSR count). The van der Waals surface area contributed by atoms with Crippen LogP contribution in [0, 0.1) is 12.3 Å². The minimum absolute atomic E-state index is 0.136. The van der Waals surface area contributed by atoms with Gasteiger partial charge in [0, 0.05) is 5.41 Å². The second-order valence-electron chi connectivity index (χ2n) is 4.85. The van der Waals surface area contributed by atoms with E-state index in [0.29, 0.717) is 12.1 Å². The molecule has 100 valence electrons. The Hall–Kier alpha value is -0.590. The highest BCUT2D eigenvalue weighted by Gasteiger charge is 2.64. The number of sulfonamides is 1. The third-order valence-corrected chi connectivity index (χ3v) is 5.64. The highest BCUT2D eigenvalue weighted by Crippen LogP contribution is 2.64. The molecule has 1 heterocycles. The molecule has 1 aliphatic carbocycles. The average molecular weight is 310 g/mol. The summed E-state index contributed by atoms with van der Waals surface area (Å²) >= 11 is 11.8. The summed E-state index contributed by atoms with van der Waals surface area (Å²) in [5.74, 6) is 0.0577. The molecule has 1 N–H and O–H groups in total. The van der Waals surface area contributed by atoms with Gasteiger partial charge in [0.25, 0.3) is 0 Å². The number of nitrogens with zero attached hydrogens (tertiary/aromatic N) is 2. The Morgan fingerprint density at radius 3 is 2.44 bits per heavy atom. The van der Waals surface area contributed by atoms with Crippen LogP contribution in [0.1, 0.15) is 19.0 Å². The Kier molecular flexibility index (Phi) is 3.24. The van der Waals surface area contributed by atoms with Crippen LogP contribution in [0.2, 0.25) is 0 Å². The Morgan fingerprint density at radius 2 is 2.00 bits per heavy atom. The van der Waals surface area contributed by atoms with E-state index in [1.807, 2.05) is 0 Å². The van der Waals surface area contributed by atoms with Gasteiger partial charge in [0.15, 0.2) is 5.82 Å². The molecule has 1 unspecified atom stereocenters. The summed E-state index contributed by atoms with van der Waals surface area (Å²) in [5, 5.41) is 0. The van der Waals surface area contributed by atoms with Gasteiger partial charge in [-0.15, -0.1) is 23.2 Å². The molecule has 0 aliphatic heterocycles. The standard InChI is InChI=1S/C10H13Cl2N3O2S/c1-7-3-14-8(4-13-7)15-18(16,17)6-9(2)5-10(9,11)12/h3-4H,5-6H2,1-2H3,(H,14,15). The number of nitrogens with one attached hydrogen (secondary N) is 1. The maximum Gasteiger partial charge on any atom is 0.234 e. The number of aryl methyl sites for hydroxylation is 1. The van der Waals surface area contributed by atoms with Gasteiger partial charge in [-0.3, -0.25) is 9.71 Å². The molecule has 0 radical (unpaired) electrons. The molecule has 18 heavy (non-hydrogen) atoms. The van der Waals surface area contributed by atoms with E-state index in [2.05, 4.69) is 14.7 Å². The van der Waals surface area contributed by atoms with Crippen molar-refractivity contribution in [1.82, 2.24) is 9.97 Å². The Labute approximate surface area is 116 Å². The summed E-state index contributed by atoms with van der Waals surface area (Å²) in [5.41, 5.74) is 0.104. The fourth-order valence-electron chi connectivity index (χ4n) is 1.66. The quantitative estimate of drug-likeness (QED) is 0.865. The summed E-state index contributed by atoms with van der Waals surface area (Å²) < 4.78 is 25.3. The van der Waals surface area contributed by atoms with Gasteiger partial charge < -0.3 is 0 Å². The zero-order valence-electron chi connectivity index (χ0n) is 9.94. The Morgan fingerprint density at radius 1 is 1.39 bits per heavy atom. The molecule has 1 aliphatic rings. The molecule has 1 atom stereocenters. The van der Waals surface area contributed by atoms with Gasteiger partial charge in [0.05, 0.1) is 23.8 Å². The lowest BCUT2D eigenvalue weighted by atomic mass is 10.2. The van der Waals surface area contributed by atoms with Crippen molar-refractivity contribution in [2.45, 2.75) is 24.6 Å². The normalized spacial score (nSPS) is 25.8. The van der Waals surface area contributed by atoms with Gasteiger partial charge >= 0.3 is 0 Å². The number of rotatable bonds is 4. The fourth-order valence-corrected chi connectivity index (χ4v) is 4.23. The second-order valence-corrected chi connectivity index (χ2v) is 8.05. The van der Waals surface area contributed by atoms with Crippen LogP contribution in [0.15, 0.2) is 12.4 Å². The van der Waals surface area contributed by atoms with Crippen LogP contribution in [-0.4, -0.2) is 28.5 Å². The van der Waals surface area contributed by atoms with Crippen LogP contribution >= 0.6 is 23.2 Å². The molecule has 1 aromatic heterocycles. The number of aromatic nitrogens is 2. The van der Waals surface area contributed by atoms with Gasteiger partial charge in [-0.1, -0.05) is 6.92 Å². The predicted molar refractivity (Wildman–Crippen MR) is 71.3 cm³/mol. The van der Waals surface area contributed by atoms with Crippen molar-refractivity contribution in [2.75, 3.05) is 10.5 Å². The van der Waals surface area contributed by atoms with Crippen LogP contribution in [0.4, 0.5) is 5.82 Å². The van der Waals surface area contributed by atoms with E-state index in [0.717, 1.165) is 0 Å². The van der Waals surface area contributed by atoms with E-state index in [9.17, 15) is 8.42 Å². The van der Waals surface area contributed by atoms with Crippen LogP contribution in [0.25, 0.3) is 0 Å². The number of anilines is 1. The molecule has 1 saturated carbocycles. The minimum atomic E-state index is -3.54. The summed E-state index contributed by atoms with van der Waals surface area (Å²) in [6, 6.07) is 0. The lowest BCUT2D eigenvalue weighted by Gasteiger charge is -2.13. The van der Waals surface area contributed by atoms with Gasteiger partial charge in [-0.05, 0) is 13.3 Å². The van der Waals surface area contributed by atoms with Gasteiger partial charge in [-0.25, -0.2) is 13.4 Å². The second kappa shape index (κ2) is 4.21. The average Bonchev–Trinajstić information content (AvgIpc) is 2.67. The van der Waals surface area contributed by atoms with Crippen molar-refractivity contribution in [3.63, 3.8) is 0 Å². The molecule has 5 nitrogen and oxygen atoms in total. The van der Waals surface area contributed by atoms with E-state index in [1.165, 1.54) is 12.4 Å².